The van der Waals surface area contributed by atoms with Gasteiger partial charge in [-0.2, -0.15) is 0 Å². The van der Waals surface area contributed by atoms with Gasteiger partial charge in [-0.25, -0.2) is 0 Å². The Balaban J connectivity index is 3.95. The Bertz CT molecular complexity index is 259. The van der Waals surface area contributed by atoms with Crippen molar-refractivity contribution in [3.63, 3.8) is 0 Å². The summed E-state index contributed by atoms with van der Waals surface area (Å²) >= 11 is 6.66. The van der Waals surface area contributed by atoms with Crippen LogP contribution in [0.1, 0.15) is 54.4 Å². The average molecular weight is 327 g/mol. The average Bonchev–Trinajstić information content (AvgIpc) is 2.22. The van der Waals surface area contributed by atoms with E-state index in [-0.39, 0.29) is 0 Å². The van der Waals surface area contributed by atoms with E-state index in [4.69, 9.17) is 16.3 Å². The highest BCUT2D eigenvalue weighted by Crippen LogP contribution is 2.57. The van der Waals surface area contributed by atoms with Crippen molar-refractivity contribution in [2.75, 3.05) is 12.4 Å². The lowest BCUT2D eigenvalue weighted by Gasteiger charge is -2.21. The zero-order valence-electron chi connectivity index (χ0n) is 13.3. The van der Waals surface area contributed by atoms with Crippen LogP contribution in [0.4, 0.5) is 0 Å². The summed E-state index contributed by atoms with van der Waals surface area (Å²) in [6.45, 7) is 13.8. The Morgan fingerprint density at radius 1 is 1.00 bits per heavy atom. The van der Waals surface area contributed by atoms with Gasteiger partial charge in [-0.3, -0.25) is 0 Å². The maximum Gasteiger partial charge on any atom is 0.244 e. The molecule has 0 heterocycles. The Morgan fingerprint density at radius 2 is 1.47 bits per heavy atom. The molecule has 0 spiro atoms. The Kier molecular flexibility index (Phi) is 10.3. The third-order valence-corrected chi connectivity index (χ3v) is 7.32. The second-order valence-electron chi connectivity index (χ2n) is 6.53. The lowest BCUT2D eigenvalue weighted by Crippen LogP contribution is -2.08. The van der Waals surface area contributed by atoms with Crippen LogP contribution in [0.3, 0.4) is 0 Å². The summed E-state index contributed by atoms with van der Waals surface area (Å²) in [6.07, 6.45) is 2.29. The summed E-state index contributed by atoms with van der Waals surface area (Å²) in [7, 11) is 0. The predicted octanol–water partition coefficient (Wildman–Crippen LogP) is 5.32. The number of rotatable bonds is 10. The van der Waals surface area contributed by atoms with Gasteiger partial charge in [-0.15, -0.1) is 0 Å². The molecule has 0 saturated carbocycles. The molecular formula is C14H31O2PS2. The normalized spacial score (nSPS) is 18.6. The van der Waals surface area contributed by atoms with Crippen LogP contribution < -0.4 is 0 Å². The quantitative estimate of drug-likeness (QED) is 0.550. The standard InChI is InChI=1S/C14H31O2PS2/c1-11(2)7-13(5)9-16-17(15,18)19-10-14(6)8-12(3)4/h11-14H,7-10H2,1-6H3,(H,15,18). The van der Waals surface area contributed by atoms with Gasteiger partial charge in [0.2, 0.25) is 5.69 Å². The van der Waals surface area contributed by atoms with Crippen molar-refractivity contribution in [3.05, 3.63) is 0 Å². The molecule has 19 heavy (non-hydrogen) atoms. The molecule has 5 heteroatoms. The van der Waals surface area contributed by atoms with Crippen LogP contribution in [0, 0.1) is 23.7 Å². The van der Waals surface area contributed by atoms with Crippen molar-refractivity contribution in [3.8, 4) is 0 Å². The summed E-state index contributed by atoms with van der Waals surface area (Å²) in [6, 6.07) is 0. The van der Waals surface area contributed by atoms with Crippen molar-refractivity contribution < 1.29 is 9.42 Å². The zero-order chi connectivity index (χ0) is 15.1. The first-order chi connectivity index (χ1) is 8.62. The van der Waals surface area contributed by atoms with Crippen molar-refractivity contribution in [2.45, 2.75) is 54.4 Å². The fourth-order valence-electron chi connectivity index (χ4n) is 2.23. The maximum atomic E-state index is 10.1. The minimum atomic E-state index is -2.64. The fraction of sp³-hybridized carbons (Fsp3) is 1.00. The van der Waals surface area contributed by atoms with Gasteiger partial charge < -0.3 is 9.42 Å². The van der Waals surface area contributed by atoms with Crippen molar-refractivity contribution >= 4 is 28.9 Å². The molecule has 0 aliphatic carbocycles. The molecule has 1 N–H and O–H groups in total. The molecule has 0 bridgehead atoms. The van der Waals surface area contributed by atoms with Crippen molar-refractivity contribution in [1.82, 2.24) is 0 Å². The van der Waals surface area contributed by atoms with E-state index in [1.54, 1.807) is 0 Å². The van der Waals surface area contributed by atoms with Crippen molar-refractivity contribution in [1.29, 1.82) is 0 Å². The summed E-state index contributed by atoms with van der Waals surface area (Å²) < 4.78 is 5.59. The molecule has 0 fully saturated rings. The third kappa shape index (κ3) is 12.4. The summed E-state index contributed by atoms with van der Waals surface area (Å²) in [4.78, 5) is 10.1. The van der Waals surface area contributed by atoms with E-state index in [2.05, 4.69) is 41.5 Å². The van der Waals surface area contributed by atoms with Crippen LogP contribution >= 0.6 is 17.1 Å². The third-order valence-electron chi connectivity index (χ3n) is 2.79. The van der Waals surface area contributed by atoms with Gasteiger partial charge in [0.15, 0.2) is 0 Å². The molecule has 0 saturated heterocycles. The van der Waals surface area contributed by atoms with Crippen LogP contribution in [0.25, 0.3) is 0 Å². The highest BCUT2D eigenvalue weighted by molar-refractivity contribution is 8.67. The number of hydrogen-bond donors (Lipinski definition) is 1. The molecule has 2 nitrogen and oxygen atoms in total. The molecule has 0 aliphatic heterocycles. The topological polar surface area (TPSA) is 29.5 Å². The monoisotopic (exact) mass is 326 g/mol. The van der Waals surface area contributed by atoms with Gasteiger partial charge in [0.1, 0.15) is 0 Å². The zero-order valence-corrected chi connectivity index (χ0v) is 15.8. The lowest BCUT2D eigenvalue weighted by atomic mass is 10.0. The SMILES string of the molecule is CC(C)CC(C)COP(O)(=S)SCC(C)CC(C)C. The summed E-state index contributed by atoms with van der Waals surface area (Å²) in [5, 5.41) is 0. The molecule has 3 atom stereocenters. The fourth-order valence-corrected chi connectivity index (χ4v) is 5.79. The minimum Gasteiger partial charge on any atom is -0.337 e. The Hall–Kier alpha value is 0.920. The van der Waals surface area contributed by atoms with E-state index in [1.165, 1.54) is 17.8 Å². The smallest absolute Gasteiger partial charge is 0.244 e. The van der Waals surface area contributed by atoms with Gasteiger partial charge >= 0.3 is 0 Å². The van der Waals surface area contributed by atoms with Gasteiger partial charge in [0.25, 0.3) is 0 Å². The van der Waals surface area contributed by atoms with E-state index < -0.39 is 5.69 Å². The van der Waals surface area contributed by atoms with E-state index in [1.807, 2.05) is 0 Å². The lowest BCUT2D eigenvalue weighted by molar-refractivity contribution is 0.243. The largest absolute Gasteiger partial charge is 0.337 e. The maximum absolute atomic E-state index is 10.1. The van der Waals surface area contributed by atoms with Gasteiger partial charge in [0.05, 0.1) is 6.61 Å². The molecule has 0 aromatic heterocycles. The summed E-state index contributed by atoms with van der Waals surface area (Å²) in [5.74, 6) is 3.29. The van der Waals surface area contributed by atoms with E-state index in [9.17, 15) is 4.89 Å². The first kappa shape index (κ1) is 19.9. The second kappa shape index (κ2) is 9.78. The van der Waals surface area contributed by atoms with Crippen LogP contribution in [0.15, 0.2) is 0 Å². The van der Waals surface area contributed by atoms with Crippen LogP contribution in [-0.4, -0.2) is 17.3 Å². The Labute approximate surface area is 129 Å². The molecule has 0 amide bonds. The second-order valence-corrected chi connectivity index (χ2v) is 12.8. The molecule has 0 aromatic carbocycles. The molecule has 0 radical (unpaired) electrons. The minimum absolute atomic E-state index is 0.461. The van der Waals surface area contributed by atoms with Crippen LogP contribution in [0.5, 0.6) is 0 Å². The molecule has 3 unspecified atom stereocenters. The summed E-state index contributed by atoms with van der Waals surface area (Å²) in [5.41, 5.74) is -2.64. The van der Waals surface area contributed by atoms with E-state index in [0.717, 1.165) is 12.2 Å². The predicted molar refractivity (Wildman–Crippen MR) is 92.2 cm³/mol. The molecular weight excluding hydrogens is 295 g/mol. The van der Waals surface area contributed by atoms with Crippen LogP contribution in [-0.2, 0) is 16.3 Å². The van der Waals surface area contributed by atoms with Crippen LogP contribution in [0.2, 0.25) is 0 Å². The van der Waals surface area contributed by atoms with Gasteiger partial charge in [0, 0.05) is 5.75 Å². The van der Waals surface area contributed by atoms with Gasteiger partial charge in [-0.05, 0) is 48.3 Å². The van der Waals surface area contributed by atoms with E-state index in [0.29, 0.717) is 30.3 Å². The Morgan fingerprint density at radius 3 is 1.95 bits per heavy atom. The highest BCUT2D eigenvalue weighted by atomic mass is 32.9. The first-order valence-corrected chi connectivity index (χ1v) is 11.5. The molecule has 0 aliphatic rings. The van der Waals surface area contributed by atoms with E-state index >= 15 is 0 Å². The molecule has 116 valence electrons. The molecule has 0 aromatic rings. The van der Waals surface area contributed by atoms with Gasteiger partial charge in [-0.1, -0.05) is 52.9 Å². The first-order valence-electron chi connectivity index (χ1n) is 7.24. The molecule has 0 rings (SSSR count). The number of hydrogen-bond acceptors (Lipinski definition) is 3. The highest BCUT2D eigenvalue weighted by Gasteiger charge is 2.18. The van der Waals surface area contributed by atoms with Crippen molar-refractivity contribution in [2.24, 2.45) is 23.7 Å².